The third kappa shape index (κ3) is 5.05. The van der Waals surface area contributed by atoms with E-state index in [-0.39, 0.29) is 22.7 Å². The summed E-state index contributed by atoms with van der Waals surface area (Å²) in [5.41, 5.74) is 5.40. The molecule has 0 aromatic heterocycles. The molecule has 0 fully saturated rings. The molecule has 0 spiro atoms. The van der Waals surface area contributed by atoms with Crippen molar-refractivity contribution in [3.63, 3.8) is 0 Å². The Kier molecular flexibility index (Phi) is 5.52. The van der Waals surface area contributed by atoms with Crippen molar-refractivity contribution >= 4 is 21.7 Å². The summed E-state index contributed by atoms with van der Waals surface area (Å²) in [5, 5.41) is 0. The summed E-state index contributed by atoms with van der Waals surface area (Å²) in [4.78, 5) is 24.2. The smallest absolute Gasteiger partial charge is 0.276 e. The van der Waals surface area contributed by atoms with Crippen LogP contribution in [0.25, 0.3) is 0 Å². The topological polar surface area (TPSA) is 111 Å². The molecule has 2 amide bonds. The molecule has 0 aliphatic carbocycles. The normalized spacial score (nSPS) is 14.4. The lowest BCUT2D eigenvalue weighted by atomic mass is 10.0. The van der Waals surface area contributed by atoms with Crippen molar-refractivity contribution in [1.29, 1.82) is 0 Å². The molecule has 1 heterocycles. The zero-order valence-corrected chi connectivity index (χ0v) is 17.1. The molecular weight excluding hydrogens is 396 g/mol. The summed E-state index contributed by atoms with van der Waals surface area (Å²) < 4.78 is 34.3. The minimum absolute atomic E-state index is 0.104. The van der Waals surface area contributed by atoms with E-state index >= 15 is 0 Å². The molecule has 8 nitrogen and oxygen atoms in total. The molecule has 0 saturated carbocycles. The highest BCUT2D eigenvalue weighted by Gasteiger charge is 2.32. The Morgan fingerprint density at radius 3 is 2.45 bits per heavy atom. The van der Waals surface area contributed by atoms with Crippen LogP contribution in [0.5, 0.6) is 11.5 Å². The molecule has 0 radical (unpaired) electrons. The van der Waals surface area contributed by atoms with Gasteiger partial charge in [0.15, 0.2) is 27.9 Å². The van der Waals surface area contributed by atoms with Gasteiger partial charge in [-0.25, -0.2) is 8.42 Å². The van der Waals surface area contributed by atoms with Gasteiger partial charge in [-0.1, -0.05) is 12.1 Å². The van der Waals surface area contributed by atoms with Crippen molar-refractivity contribution < 1.29 is 27.5 Å². The van der Waals surface area contributed by atoms with Crippen molar-refractivity contribution in [3.8, 4) is 11.5 Å². The first-order chi connectivity index (χ1) is 13.5. The standard InChI is InChI=1S/C20H22N2O6S/c1-20(2)11-14-5-4-6-16(18(14)28-20)27-12-17(23)21-22-19(24)13-7-9-15(10-8-13)29(3,25)26/h4-10H,11-12H2,1-3H3,(H,21,23)(H,22,24). The van der Waals surface area contributed by atoms with Crippen LogP contribution in [0.15, 0.2) is 47.4 Å². The number of fused-ring (bicyclic) bond motifs is 1. The number of hydrazine groups is 1. The summed E-state index contributed by atoms with van der Waals surface area (Å²) in [7, 11) is -3.34. The van der Waals surface area contributed by atoms with Gasteiger partial charge in [-0.05, 0) is 44.2 Å². The van der Waals surface area contributed by atoms with E-state index in [0.29, 0.717) is 11.5 Å². The van der Waals surface area contributed by atoms with E-state index in [1.54, 1.807) is 6.07 Å². The molecule has 2 aromatic rings. The molecule has 29 heavy (non-hydrogen) atoms. The largest absolute Gasteiger partial charge is 0.483 e. The van der Waals surface area contributed by atoms with E-state index in [2.05, 4.69) is 10.9 Å². The number of carbonyl (C=O) groups excluding carboxylic acids is 2. The first kappa shape index (κ1) is 20.7. The Balaban J connectivity index is 1.52. The van der Waals surface area contributed by atoms with Gasteiger partial charge in [0.25, 0.3) is 11.8 Å². The van der Waals surface area contributed by atoms with E-state index in [0.717, 1.165) is 18.2 Å². The summed E-state index contributed by atoms with van der Waals surface area (Å²) in [5.74, 6) is -0.0451. The number of sulfone groups is 1. The summed E-state index contributed by atoms with van der Waals surface area (Å²) in [6, 6.07) is 10.9. The fourth-order valence-corrected chi connectivity index (χ4v) is 3.56. The van der Waals surface area contributed by atoms with Gasteiger partial charge < -0.3 is 9.47 Å². The van der Waals surface area contributed by atoms with Crippen LogP contribution in [-0.4, -0.2) is 38.7 Å². The van der Waals surface area contributed by atoms with Gasteiger partial charge in [-0.2, -0.15) is 0 Å². The van der Waals surface area contributed by atoms with Crippen molar-refractivity contribution in [2.75, 3.05) is 12.9 Å². The van der Waals surface area contributed by atoms with Crippen LogP contribution in [-0.2, 0) is 21.1 Å². The molecule has 0 saturated heterocycles. The molecule has 1 aliphatic rings. The maximum Gasteiger partial charge on any atom is 0.276 e. The van der Waals surface area contributed by atoms with Crippen molar-refractivity contribution in [1.82, 2.24) is 10.9 Å². The van der Waals surface area contributed by atoms with Crippen LogP contribution in [0.2, 0.25) is 0 Å². The Morgan fingerprint density at radius 2 is 1.79 bits per heavy atom. The zero-order chi connectivity index (χ0) is 21.2. The van der Waals surface area contributed by atoms with Crippen LogP contribution in [0, 0.1) is 0 Å². The van der Waals surface area contributed by atoms with E-state index in [4.69, 9.17) is 9.47 Å². The number of ether oxygens (including phenoxy) is 2. The molecule has 1 aliphatic heterocycles. The molecule has 3 rings (SSSR count). The SMILES string of the molecule is CC1(C)Cc2cccc(OCC(=O)NNC(=O)c3ccc(S(C)(=O)=O)cc3)c2O1. The Bertz CT molecular complexity index is 1050. The lowest BCUT2D eigenvalue weighted by Crippen LogP contribution is -2.43. The first-order valence-corrected chi connectivity index (χ1v) is 10.8. The molecule has 2 N–H and O–H groups in total. The van der Waals surface area contributed by atoms with Crippen LogP contribution in [0.4, 0.5) is 0 Å². The van der Waals surface area contributed by atoms with Crippen LogP contribution in [0.1, 0.15) is 29.8 Å². The maximum atomic E-state index is 12.1. The lowest BCUT2D eigenvalue weighted by Gasteiger charge is -2.18. The van der Waals surface area contributed by atoms with E-state index in [1.165, 1.54) is 24.3 Å². The monoisotopic (exact) mass is 418 g/mol. The Labute approximate surface area is 169 Å². The highest BCUT2D eigenvalue weighted by atomic mass is 32.2. The third-order valence-corrected chi connectivity index (χ3v) is 5.40. The zero-order valence-electron chi connectivity index (χ0n) is 16.3. The van der Waals surface area contributed by atoms with Gasteiger partial charge in [-0.15, -0.1) is 0 Å². The average Bonchev–Trinajstić information content (AvgIpc) is 2.98. The third-order valence-electron chi connectivity index (χ3n) is 4.27. The van der Waals surface area contributed by atoms with Gasteiger partial charge in [0.1, 0.15) is 5.60 Å². The van der Waals surface area contributed by atoms with Gasteiger partial charge in [0, 0.05) is 23.8 Å². The summed E-state index contributed by atoms with van der Waals surface area (Å²) in [6.45, 7) is 3.64. The van der Waals surface area contributed by atoms with Gasteiger partial charge in [0.2, 0.25) is 0 Å². The predicted molar refractivity (Wildman–Crippen MR) is 106 cm³/mol. The number of nitrogens with one attached hydrogen (secondary N) is 2. The summed E-state index contributed by atoms with van der Waals surface area (Å²) in [6.07, 6.45) is 1.83. The number of rotatable bonds is 5. The second-order valence-corrected chi connectivity index (χ2v) is 9.39. The lowest BCUT2D eigenvalue weighted by molar-refractivity contribution is -0.123. The van der Waals surface area contributed by atoms with Crippen molar-refractivity contribution in [2.24, 2.45) is 0 Å². The molecule has 9 heteroatoms. The van der Waals surface area contributed by atoms with Crippen LogP contribution >= 0.6 is 0 Å². The minimum Gasteiger partial charge on any atom is -0.483 e. The number of hydrogen-bond donors (Lipinski definition) is 2. The molecule has 0 unspecified atom stereocenters. The van der Waals surface area contributed by atoms with Gasteiger partial charge in [-0.3, -0.25) is 20.4 Å². The van der Waals surface area contributed by atoms with Gasteiger partial charge in [0.05, 0.1) is 4.90 Å². The van der Waals surface area contributed by atoms with E-state index in [9.17, 15) is 18.0 Å². The number of para-hydroxylation sites is 1. The van der Waals surface area contributed by atoms with Crippen molar-refractivity contribution in [2.45, 2.75) is 30.8 Å². The highest BCUT2D eigenvalue weighted by molar-refractivity contribution is 7.90. The average molecular weight is 418 g/mol. The highest BCUT2D eigenvalue weighted by Crippen LogP contribution is 2.41. The minimum atomic E-state index is -3.34. The molecule has 154 valence electrons. The number of amides is 2. The molecule has 0 bridgehead atoms. The quantitative estimate of drug-likeness (QED) is 0.715. The van der Waals surface area contributed by atoms with Crippen LogP contribution in [0.3, 0.4) is 0 Å². The van der Waals surface area contributed by atoms with Gasteiger partial charge >= 0.3 is 0 Å². The molecule has 2 aromatic carbocycles. The Morgan fingerprint density at radius 1 is 1.10 bits per heavy atom. The van der Waals surface area contributed by atoms with E-state index in [1.807, 2.05) is 26.0 Å². The second kappa shape index (κ2) is 7.75. The fraction of sp³-hybridized carbons (Fsp3) is 0.300. The maximum absolute atomic E-state index is 12.1. The van der Waals surface area contributed by atoms with Crippen molar-refractivity contribution in [3.05, 3.63) is 53.6 Å². The predicted octanol–water partition coefficient (Wildman–Crippen LogP) is 1.64. The molecular formula is C20H22N2O6S. The van der Waals surface area contributed by atoms with E-state index < -0.39 is 21.7 Å². The first-order valence-electron chi connectivity index (χ1n) is 8.88. The number of benzene rings is 2. The van der Waals surface area contributed by atoms with Crippen LogP contribution < -0.4 is 20.3 Å². The Hall–Kier alpha value is -3.07. The fourth-order valence-electron chi connectivity index (χ4n) is 2.93. The summed E-state index contributed by atoms with van der Waals surface area (Å²) >= 11 is 0. The molecule has 0 atom stereocenters. The number of hydrogen-bond acceptors (Lipinski definition) is 6. The second-order valence-electron chi connectivity index (χ2n) is 7.37. The number of carbonyl (C=O) groups is 2.